The van der Waals surface area contributed by atoms with Crippen molar-refractivity contribution in [3.8, 4) is 0 Å². The van der Waals surface area contributed by atoms with Gasteiger partial charge in [-0.2, -0.15) is 0 Å². The summed E-state index contributed by atoms with van der Waals surface area (Å²) >= 11 is 6.22. The molecule has 27 heavy (non-hydrogen) atoms. The minimum atomic E-state index is -0.325. The average molecular weight is 381 g/mol. The molecule has 1 N–H and O–H groups in total. The first-order chi connectivity index (χ1) is 13.1. The number of benzene rings is 2. The molecule has 0 bridgehead atoms. The molecule has 1 aromatic heterocycles. The number of carbonyl (C=O) groups excluding carboxylic acids is 1. The Morgan fingerprint density at radius 1 is 1.15 bits per heavy atom. The molecule has 1 aliphatic rings. The Morgan fingerprint density at radius 3 is 2.63 bits per heavy atom. The lowest BCUT2D eigenvalue weighted by Gasteiger charge is -2.19. The highest BCUT2D eigenvalue weighted by molar-refractivity contribution is 6.34. The molecular formula is C21H21ClN4O. The van der Waals surface area contributed by atoms with Crippen LogP contribution in [0.15, 0.2) is 36.5 Å². The number of aromatic nitrogens is 2. The van der Waals surface area contributed by atoms with Crippen LogP contribution in [0.2, 0.25) is 5.02 Å². The second-order valence-electron chi connectivity index (χ2n) is 6.60. The van der Waals surface area contributed by atoms with Gasteiger partial charge in [0.05, 0.1) is 11.2 Å². The smallest absolute Gasteiger partial charge is 0.276 e. The average Bonchev–Trinajstić information content (AvgIpc) is 3.11. The van der Waals surface area contributed by atoms with Gasteiger partial charge >= 0.3 is 0 Å². The summed E-state index contributed by atoms with van der Waals surface area (Å²) in [5.41, 5.74) is 3.64. The molecule has 1 heterocycles. The van der Waals surface area contributed by atoms with Gasteiger partial charge in [0.2, 0.25) is 5.95 Å². The number of halogens is 1. The van der Waals surface area contributed by atoms with Crippen molar-refractivity contribution in [2.24, 2.45) is 0 Å². The summed E-state index contributed by atoms with van der Waals surface area (Å²) in [7, 11) is 0. The van der Waals surface area contributed by atoms with Gasteiger partial charge in [-0.1, -0.05) is 35.9 Å². The van der Waals surface area contributed by atoms with E-state index in [2.05, 4.69) is 27.4 Å². The Balaban J connectivity index is 1.70. The highest BCUT2D eigenvalue weighted by atomic mass is 35.5. The zero-order valence-corrected chi connectivity index (χ0v) is 16.2. The molecule has 0 aliphatic heterocycles. The van der Waals surface area contributed by atoms with Crippen LogP contribution < -0.4 is 10.2 Å². The van der Waals surface area contributed by atoms with E-state index in [0.29, 0.717) is 5.95 Å². The number of carbonyl (C=O) groups is 1. The second-order valence-corrected chi connectivity index (χ2v) is 7.01. The van der Waals surface area contributed by atoms with Gasteiger partial charge in [0.15, 0.2) is 5.69 Å². The van der Waals surface area contributed by atoms with E-state index in [9.17, 15) is 4.79 Å². The lowest BCUT2D eigenvalue weighted by molar-refractivity contribution is 0.102. The molecule has 3 aromatic rings. The number of hydrogen-bond acceptors (Lipinski definition) is 4. The Morgan fingerprint density at radius 2 is 1.89 bits per heavy atom. The minimum absolute atomic E-state index is 0.191. The Labute approximate surface area is 163 Å². The summed E-state index contributed by atoms with van der Waals surface area (Å²) in [6, 6.07) is 10.3. The van der Waals surface area contributed by atoms with Crippen molar-refractivity contribution in [2.45, 2.75) is 26.7 Å². The molecule has 2 aromatic carbocycles. The summed E-state index contributed by atoms with van der Waals surface area (Å²) in [4.78, 5) is 23.6. The fraction of sp³-hybridized carbons (Fsp3) is 0.286. The first kappa shape index (κ1) is 17.7. The monoisotopic (exact) mass is 380 g/mol. The van der Waals surface area contributed by atoms with Crippen LogP contribution in [0.5, 0.6) is 0 Å². The van der Waals surface area contributed by atoms with E-state index in [4.69, 9.17) is 11.6 Å². The van der Waals surface area contributed by atoms with Crippen LogP contribution in [-0.2, 0) is 12.8 Å². The maximum Gasteiger partial charge on any atom is 0.276 e. The van der Waals surface area contributed by atoms with E-state index in [1.807, 2.05) is 36.9 Å². The van der Waals surface area contributed by atoms with Crippen molar-refractivity contribution in [2.75, 3.05) is 23.3 Å². The van der Waals surface area contributed by atoms with E-state index in [-0.39, 0.29) is 16.6 Å². The van der Waals surface area contributed by atoms with Crippen LogP contribution in [-0.4, -0.2) is 29.0 Å². The van der Waals surface area contributed by atoms with Crippen LogP contribution in [0.3, 0.4) is 0 Å². The van der Waals surface area contributed by atoms with Crippen LogP contribution in [0.25, 0.3) is 10.8 Å². The molecule has 6 heteroatoms. The van der Waals surface area contributed by atoms with Crippen molar-refractivity contribution in [1.82, 2.24) is 9.97 Å². The molecule has 0 fully saturated rings. The number of anilines is 2. The predicted molar refractivity (Wildman–Crippen MR) is 110 cm³/mol. The normalized spacial score (nSPS) is 12.4. The van der Waals surface area contributed by atoms with Crippen LogP contribution >= 0.6 is 11.6 Å². The minimum Gasteiger partial charge on any atom is -0.341 e. The fourth-order valence-electron chi connectivity index (χ4n) is 3.71. The van der Waals surface area contributed by atoms with E-state index < -0.39 is 0 Å². The fourth-order valence-corrected chi connectivity index (χ4v) is 3.89. The highest BCUT2D eigenvalue weighted by Crippen LogP contribution is 2.35. The topological polar surface area (TPSA) is 58.1 Å². The van der Waals surface area contributed by atoms with Crippen molar-refractivity contribution in [1.29, 1.82) is 0 Å². The molecule has 0 radical (unpaired) electrons. The SMILES string of the molecule is CCN(CC)c1ncc(Cl)c(C(=O)Nc2ccc3c4c(cccc24)CC3)n1. The predicted octanol–water partition coefficient (Wildman–Crippen LogP) is 4.48. The quantitative estimate of drug-likeness (QED) is 0.709. The largest absolute Gasteiger partial charge is 0.341 e. The number of amides is 1. The summed E-state index contributed by atoms with van der Waals surface area (Å²) in [5, 5.41) is 5.56. The zero-order chi connectivity index (χ0) is 19.0. The highest BCUT2D eigenvalue weighted by Gasteiger charge is 2.20. The maximum absolute atomic E-state index is 12.9. The zero-order valence-electron chi connectivity index (χ0n) is 15.4. The summed E-state index contributed by atoms with van der Waals surface area (Å²) in [6.07, 6.45) is 3.59. The lowest BCUT2D eigenvalue weighted by Crippen LogP contribution is -2.25. The van der Waals surface area contributed by atoms with E-state index >= 15 is 0 Å². The van der Waals surface area contributed by atoms with Crippen molar-refractivity contribution in [3.63, 3.8) is 0 Å². The van der Waals surface area contributed by atoms with Crippen LogP contribution in [0, 0.1) is 0 Å². The van der Waals surface area contributed by atoms with Gasteiger partial charge in [-0.15, -0.1) is 0 Å². The molecule has 1 aliphatic carbocycles. The Kier molecular flexibility index (Phi) is 4.70. The third kappa shape index (κ3) is 3.12. The Bertz CT molecular complexity index is 1020. The molecule has 0 saturated heterocycles. The van der Waals surface area contributed by atoms with E-state index in [1.165, 1.54) is 22.7 Å². The van der Waals surface area contributed by atoms with Crippen LogP contribution in [0.1, 0.15) is 35.5 Å². The lowest BCUT2D eigenvalue weighted by atomic mass is 10.0. The molecule has 1 amide bonds. The molecule has 0 saturated carbocycles. The first-order valence-electron chi connectivity index (χ1n) is 9.24. The van der Waals surface area contributed by atoms with Gasteiger partial charge in [-0.05, 0) is 49.3 Å². The third-order valence-electron chi connectivity index (χ3n) is 5.12. The second kappa shape index (κ2) is 7.16. The molecular weight excluding hydrogens is 360 g/mol. The van der Waals surface area contributed by atoms with Crippen LogP contribution in [0.4, 0.5) is 11.6 Å². The third-order valence-corrected chi connectivity index (χ3v) is 5.39. The van der Waals surface area contributed by atoms with Gasteiger partial charge in [-0.25, -0.2) is 9.97 Å². The molecule has 0 spiro atoms. The van der Waals surface area contributed by atoms with E-state index in [0.717, 1.165) is 37.0 Å². The van der Waals surface area contributed by atoms with Crippen molar-refractivity contribution in [3.05, 3.63) is 58.4 Å². The molecule has 4 rings (SSSR count). The number of nitrogens with one attached hydrogen (secondary N) is 1. The summed E-state index contributed by atoms with van der Waals surface area (Å²) < 4.78 is 0. The van der Waals surface area contributed by atoms with Crippen molar-refractivity contribution < 1.29 is 4.79 Å². The van der Waals surface area contributed by atoms with E-state index in [1.54, 1.807) is 0 Å². The Hall–Kier alpha value is -2.66. The molecule has 0 atom stereocenters. The van der Waals surface area contributed by atoms with Gasteiger partial charge < -0.3 is 10.2 Å². The maximum atomic E-state index is 12.9. The van der Waals surface area contributed by atoms with Gasteiger partial charge in [0, 0.05) is 24.2 Å². The standard InChI is InChI=1S/C21H21ClN4O/c1-3-26(4-2)21-23-12-16(22)19(25-21)20(27)24-17-11-10-14-9-8-13-6-5-7-15(17)18(13)14/h5-7,10-12H,3-4,8-9H2,1-2H3,(H,24,27). The molecule has 0 unspecified atom stereocenters. The number of aryl methyl sites for hydroxylation is 2. The molecule has 138 valence electrons. The van der Waals surface area contributed by atoms with Gasteiger partial charge in [0.25, 0.3) is 5.91 Å². The number of nitrogens with zero attached hydrogens (tertiary/aromatic N) is 3. The first-order valence-corrected chi connectivity index (χ1v) is 9.62. The summed E-state index contributed by atoms with van der Waals surface area (Å²) in [5.74, 6) is 0.185. The van der Waals surface area contributed by atoms with Crippen molar-refractivity contribution >= 4 is 39.9 Å². The molecule has 5 nitrogen and oxygen atoms in total. The van der Waals surface area contributed by atoms with Gasteiger partial charge in [0.1, 0.15) is 0 Å². The number of hydrogen-bond donors (Lipinski definition) is 1. The summed E-state index contributed by atoms with van der Waals surface area (Å²) in [6.45, 7) is 5.56. The van der Waals surface area contributed by atoms with Gasteiger partial charge in [-0.3, -0.25) is 4.79 Å². The number of rotatable bonds is 5.